The van der Waals surface area contributed by atoms with Gasteiger partial charge in [0, 0.05) is 12.3 Å². The van der Waals surface area contributed by atoms with E-state index >= 15 is 0 Å². The van der Waals surface area contributed by atoms with E-state index in [4.69, 9.17) is 23.2 Å². The molecule has 0 saturated carbocycles. The minimum absolute atomic E-state index is 0.177. The lowest BCUT2D eigenvalue weighted by molar-refractivity contribution is -0.119. The summed E-state index contributed by atoms with van der Waals surface area (Å²) in [6, 6.07) is 7.07. The van der Waals surface area contributed by atoms with E-state index in [-0.39, 0.29) is 6.42 Å². The van der Waals surface area contributed by atoms with E-state index < -0.39 is 29.3 Å². The Morgan fingerprint density at radius 2 is 1.89 bits per heavy atom. The SMILES string of the molecule is Cc1ccc([C@@H](O)[C@@H](CF)CC(=O)C(Cl)Cl)cc1. The highest BCUT2D eigenvalue weighted by Gasteiger charge is 2.26. The molecule has 18 heavy (non-hydrogen) atoms. The molecule has 0 spiro atoms. The zero-order valence-corrected chi connectivity index (χ0v) is 11.5. The molecule has 0 aliphatic heterocycles. The Morgan fingerprint density at radius 1 is 1.33 bits per heavy atom. The topological polar surface area (TPSA) is 37.3 Å². The van der Waals surface area contributed by atoms with Gasteiger partial charge in [-0.05, 0) is 12.5 Å². The van der Waals surface area contributed by atoms with Gasteiger partial charge in [0.1, 0.15) is 0 Å². The van der Waals surface area contributed by atoms with Crippen LogP contribution in [0.4, 0.5) is 4.39 Å². The van der Waals surface area contributed by atoms with Crippen molar-refractivity contribution < 1.29 is 14.3 Å². The Hall–Kier alpha value is -0.640. The summed E-state index contributed by atoms with van der Waals surface area (Å²) in [7, 11) is 0. The summed E-state index contributed by atoms with van der Waals surface area (Å²) in [6.45, 7) is 1.11. The zero-order valence-electron chi connectivity index (χ0n) is 9.95. The second kappa shape index (κ2) is 7.07. The largest absolute Gasteiger partial charge is 0.388 e. The highest BCUT2D eigenvalue weighted by molar-refractivity contribution is 6.53. The van der Waals surface area contributed by atoms with Gasteiger partial charge in [0.15, 0.2) is 10.6 Å². The van der Waals surface area contributed by atoms with Crippen molar-refractivity contribution in [3.8, 4) is 0 Å². The number of hydrogen-bond donors (Lipinski definition) is 1. The van der Waals surface area contributed by atoms with E-state index in [1.807, 2.05) is 19.1 Å². The standard InChI is InChI=1S/C13H15Cl2FO2/c1-8-2-4-9(5-3-8)12(18)10(7-16)6-11(17)13(14)15/h2-5,10,12-13,18H,6-7H2,1H3/t10-,12-/m1/s1. The maximum atomic E-state index is 12.9. The predicted octanol–water partition coefficient (Wildman–Crippen LogP) is 3.38. The van der Waals surface area contributed by atoms with Crippen LogP contribution in [0.5, 0.6) is 0 Å². The number of ketones is 1. The molecular formula is C13H15Cl2FO2. The summed E-state index contributed by atoms with van der Waals surface area (Å²) in [5.74, 6) is -1.30. The van der Waals surface area contributed by atoms with E-state index in [0.717, 1.165) is 5.56 Å². The fourth-order valence-corrected chi connectivity index (χ4v) is 1.81. The summed E-state index contributed by atoms with van der Waals surface area (Å²) in [5, 5.41) is 10.0. The number of Topliss-reactive ketones (excluding diaryl/α,β-unsaturated/α-hetero) is 1. The second-order valence-corrected chi connectivity index (χ2v) is 5.34. The van der Waals surface area contributed by atoms with Gasteiger partial charge in [-0.15, -0.1) is 0 Å². The Balaban J connectivity index is 2.75. The Bertz CT molecular complexity index is 392. The molecule has 0 aliphatic rings. The third kappa shape index (κ3) is 4.23. The third-order valence-electron chi connectivity index (χ3n) is 2.77. The molecule has 0 aromatic heterocycles. The van der Waals surface area contributed by atoms with Crippen LogP contribution in [0.1, 0.15) is 23.7 Å². The number of carbonyl (C=O) groups is 1. The van der Waals surface area contributed by atoms with E-state index in [0.29, 0.717) is 5.56 Å². The van der Waals surface area contributed by atoms with Gasteiger partial charge in [0.05, 0.1) is 12.8 Å². The number of benzene rings is 1. The van der Waals surface area contributed by atoms with Crippen molar-refractivity contribution in [1.82, 2.24) is 0 Å². The van der Waals surface area contributed by atoms with Gasteiger partial charge < -0.3 is 5.11 Å². The van der Waals surface area contributed by atoms with Crippen molar-refractivity contribution in [2.45, 2.75) is 24.3 Å². The van der Waals surface area contributed by atoms with Gasteiger partial charge in [-0.25, -0.2) is 0 Å². The lowest BCUT2D eigenvalue weighted by Gasteiger charge is -2.20. The molecule has 0 saturated heterocycles. The Kier molecular flexibility index (Phi) is 6.06. The minimum Gasteiger partial charge on any atom is -0.388 e. The summed E-state index contributed by atoms with van der Waals surface area (Å²) < 4.78 is 12.9. The molecule has 0 bridgehead atoms. The van der Waals surface area contributed by atoms with Crippen LogP contribution in [0.2, 0.25) is 0 Å². The second-order valence-electron chi connectivity index (χ2n) is 4.24. The molecule has 0 aliphatic carbocycles. The maximum absolute atomic E-state index is 12.9. The molecule has 1 N–H and O–H groups in total. The van der Waals surface area contributed by atoms with E-state index in [1.165, 1.54) is 0 Å². The Morgan fingerprint density at radius 3 is 2.33 bits per heavy atom. The molecular weight excluding hydrogens is 278 g/mol. The highest BCUT2D eigenvalue weighted by atomic mass is 35.5. The first-order chi connectivity index (χ1) is 8.45. The van der Waals surface area contributed by atoms with Crippen LogP contribution in [-0.2, 0) is 4.79 Å². The fraction of sp³-hybridized carbons (Fsp3) is 0.462. The molecule has 1 aromatic carbocycles. The number of aliphatic hydroxyl groups is 1. The van der Waals surface area contributed by atoms with Crippen molar-refractivity contribution in [1.29, 1.82) is 0 Å². The summed E-state index contributed by atoms with van der Waals surface area (Å²) in [4.78, 5) is 10.2. The van der Waals surface area contributed by atoms with E-state index in [9.17, 15) is 14.3 Å². The number of rotatable bonds is 6. The minimum atomic E-state index is -1.18. The average molecular weight is 293 g/mol. The van der Waals surface area contributed by atoms with Crippen LogP contribution in [0, 0.1) is 12.8 Å². The van der Waals surface area contributed by atoms with Crippen LogP contribution in [0.15, 0.2) is 24.3 Å². The van der Waals surface area contributed by atoms with Crippen molar-refractivity contribution in [3.05, 3.63) is 35.4 Å². The first-order valence-corrected chi connectivity index (χ1v) is 6.44. The number of halogens is 3. The molecule has 1 aromatic rings. The smallest absolute Gasteiger partial charge is 0.166 e. The molecule has 0 unspecified atom stereocenters. The van der Waals surface area contributed by atoms with Gasteiger partial charge in [0.2, 0.25) is 0 Å². The van der Waals surface area contributed by atoms with Crippen LogP contribution in [-0.4, -0.2) is 22.4 Å². The molecule has 2 atom stereocenters. The molecule has 0 heterocycles. The van der Waals surface area contributed by atoms with Crippen LogP contribution < -0.4 is 0 Å². The Labute approximate surface area is 116 Å². The molecule has 0 fully saturated rings. The lowest BCUT2D eigenvalue weighted by atomic mass is 9.92. The molecule has 0 radical (unpaired) electrons. The number of carbonyl (C=O) groups excluding carboxylic acids is 1. The number of alkyl halides is 3. The van der Waals surface area contributed by atoms with Gasteiger partial charge in [0.25, 0.3) is 0 Å². The van der Waals surface area contributed by atoms with Gasteiger partial charge >= 0.3 is 0 Å². The summed E-state index contributed by atoms with van der Waals surface area (Å²) in [5.41, 5.74) is 1.62. The molecule has 100 valence electrons. The summed E-state index contributed by atoms with van der Waals surface area (Å²) in [6.07, 6.45) is -1.21. The van der Waals surface area contributed by atoms with E-state index in [2.05, 4.69) is 0 Å². The van der Waals surface area contributed by atoms with Crippen molar-refractivity contribution in [2.24, 2.45) is 5.92 Å². The zero-order chi connectivity index (χ0) is 13.7. The average Bonchev–Trinajstić information content (AvgIpc) is 2.35. The van der Waals surface area contributed by atoms with Crippen LogP contribution in [0.3, 0.4) is 0 Å². The number of aryl methyl sites for hydroxylation is 1. The van der Waals surface area contributed by atoms with Gasteiger partial charge in [-0.2, -0.15) is 0 Å². The maximum Gasteiger partial charge on any atom is 0.166 e. The van der Waals surface area contributed by atoms with Crippen LogP contribution >= 0.6 is 23.2 Å². The number of hydrogen-bond acceptors (Lipinski definition) is 2. The van der Waals surface area contributed by atoms with E-state index in [1.54, 1.807) is 12.1 Å². The number of aliphatic hydroxyl groups excluding tert-OH is 1. The highest BCUT2D eigenvalue weighted by Crippen LogP contribution is 2.27. The third-order valence-corrected chi connectivity index (χ3v) is 3.26. The lowest BCUT2D eigenvalue weighted by Crippen LogP contribution is -2.21. The first kappa shape index (κ1) is 15.4. The van der Waals surface area contributed by atoms with Crippen molar-refractivity contribution in [2.75, 3.05) is 6.67 Å². The van der Waals surface area contributed by atoms with Gasteiger partial charge in [-0.1, -0.05) is 53.0 Å². The monoisotopic (exact) mass is 292 g/mol. The van der Waals surface area contributed by atoms with Gasteiger partial charge in [-0.3, -0.25) is 9.18 Å². The first-order valence-electron chi connectivity index (χ1n) is 5.57. The molecule has 2 nitrogen and oxygen atoms in total. The van der Waals surface area contributed by atoms with Crippen molar-refractivity contribution >= 4 is 29.0 Å². The molecule has 0 amide bonds. The predicted molar refractivity (Wildman–Crippen MR) is 70.7 cm³/mol. The van der Waals surface area contributed by atoms with Crippen molar-refractivity contribution in [3.63, 3.8) is 0 Å². The molecule has 1 rings (SSSR count). The quantitative estimate of drug-likeness (QED) is 0.816. The normalized spacial score (nSPS) is 14.6. The summed E-state index contributed by atoms with van der Waals surface area (Å²) >= 11 is 10.8. The molecule has 5 heteroatoms. The fourth-order valence-electron chi connectivity index (χ4n) is 1.63. The van der Waals surface area contributed by atoms with Crippen LogP contribution in [0.25, 0.3) is 0 Å².